The van der Waals surface area contributed by atoms with Crippen LogP contribution in [0, 0.1) is 0 Å². The van der Waals surface area contributed by atoms with Crippen molar-refractivity contribution in [1.82, 2.24) is 5.32 Å². The first kappa shape index (κ1) is 16.8. The Morgan fingerprint density at radius 3 is 2.36 bits per heavy atom. The number of sulfonamides is 1. The van der Waals surface area contributed by atoms with Crippen LogP contribution in [-0.4, -0.2) is 26.6 Å². The fraction of sp³-hybridized carbons (Fsp3) is 0.562. The number of anilines is 1. The number of hydrogen-bond acceptors (Lipinski definition) is 3. The highest BCUT2D eigenvalue weighted by molar-refractivity contribution is 7.92. The number of nitrogens with one attached hydrogen (secondary N) is 2. The topological polar surface area (TPSA) is 75.3 Å². The zero-order valence-corrected chi connectivity index (χ0v) is 13.8. The average molecular weight is 324 g/mol. The van der Waals surface area contributed by atoms with Gasteiger partial charge in [0.05, 0.1) is 6.26 Å². The predicted molar refractivity (Wildman–Crippen MR) is 88.5 cm³/mol. The minimum absolute atomic E-state index is 0.136. The molecule has 0 radical (unpaired) electrons. The van der Waals surface area contributed by atoms with Gasteiger partial charge in [-0.2, -0.15) is 0 Å². The van der Waals surface area contributed by atoms with Gasteiger partial charge in [-0.15, -0.1) is 0 Å². The largest absolute Gasteiger partial charge is 0.349 e. The van der Waals surface area contributed by atoms with Crippen molar-refractivity contribution >= 4 is 21.6 Å². The highest BCUT2D eigenvalue weighted by Crippen LogP contribution is 2.18. The lowest BCUT2D eigenvalue weighted by Gasteiger charge is -2.21. The summed E-state index contributed by atoms with van der Waals surface area (Å²) in [6.45, 7) is 0. The molecule has 0 heterocycles. The number of carbonyl (C=O) groups excluding carboxylic acids is 1. The van der Waals surface area contributed by atoms with Crippen molar-refractivity contribution in [1.29, 1.82) is 0 Å². The van der Waals surface area contributed by atoms with Crippen molar-refractivity contribution in [3.8, 4) is 0 Å². The zero-order valence-electron chi connectivity index (χ0n) is 13.0. The van der Waals surface area contributed by atoms with Crippen molar-refractivity contribution in [2.45, 2.75) is 51.0 Å². The van der Waals surface area contributed by atoms with Gasteiger partial charge in [-0.1, -0.05) is 38.2 Å². The third-order valence-corrected chi connectivity index (χ3v) is 4.47. The van der Waals surface area contributed by atoms with Crippen molar-refractivity contribution in [3.63, 3.8) is 0 Å². The Morgan fingerprint density at radius 2 is 1.73 bits per heavy atom. The van der Waals surface area contributed by atoms with Crippen molar-refractivity contribution in [3.05, 3.63) is 29.8 Å². The molecule has 1 aromatic carbocycles. The van der Waals surface area contributed by atoms with E-state index < -0.39 is 10.0 Å². The summed E-state index contributed by atoms with van der Waals surface area (Å²) in [7, 11) is -3.34. The first-order valence-electron chi connectivity index (χ1n) is 7.83. The summed E-state index contributed by atoms with van der Waals surface area (Å²) < 4.78 is 24.9. The lowest BCUT2D eigenvalue weighted by Crippen LogP contribution is -2.35. The molecule has 1 aliphatic carbocycles. The molecule has 0 spiro atoms. The number of carbonyl (C=O) groups is 1. The van der Waals surface area contributed by atoms with Gasteiger partial charge in [-0.05, 0) is 31.0 Å². The van der Waals surface area contributed by atoms with E-state index in [2.05, 4.69) is 10.0 Å². The molecule has 0 aliphatic heterocycles. The van der Waals surface area contributed by atoms with Gasteiger partial charge in [0.15, 0.2) is 0 Å². The van der Waals surface area contributed by atoms with E-state index in [-0.39, 0.29) is 11.9 Å². The van der Waals surface area contributed by atoms with Crippen LogP contribution in [0.2, 0.25) is 0 Å². The third kappa shape index (κ3) is 5.67. The molecular formula is C16H24N2O3S. The molecule has 0 aromatic heterocycles. The summed E-state index contributed by atoms with van der Waals surface area (Å²) in [5.41, 5.74) is 0.892. The highest BCUT2D eigenvalue weighted by atomic mass is 32.2. The van der Waals surface area contributed by atoms with Gasteiger partial charge in [0.2, 0.25) is 10.0 Å². The molecule has 1 saturated carbocycles. The summed E-state index contributed by atoms with van der Waals surface area (Å²) in [4.78, 5) is 12.3. The monoisotopic (exact) mass is 324 g/mol. The van der Waals surface area contributed by atoms with Crippen LogP contribution in [0.1, 0.15) is 55.3 Å². The van der Waals surface area contributed by atoms with E-state index in [0.29, 0.717) is 11.3 Å². The fourth-order valence-electron chi connectivity index (χ4n) is 2.81. The van der Waals surface area contributed by atoms with E-state index in [0.717, 1.165) is 31.9 Å². The minimum Gasteiger partial charge on any atom is -0.349 e. The van der Waals surface area contributed by atoms with Crippen LogP contribution in [-0.2, 0) is 10.0 Å². The summed E-state index contributed by atoms with van der Waals surface area (Å²) >= 11 is 0. The van der Waals surface area contributed by atoms with Crippen molar-refractivity contribution in [2.24, 2.45) is 0 Å². The maximum absolute atomic E-state index is 12.3. The van der Waals surface area contributed by atoms with Gasteiger partial charge in [0.1, 0.15) is 0 Å². The Labute approximate surface area is 132 Å². The molecule has 0 bridgehead atoms. The van der Waals surface area contributed by atoms with Crippen LogP contribution in [0.3, 0.4) is 0 Å². The van der Waals surface area contributed by atoms with E-state index in [1.54, 1.807) is 24.3 Å². The molecule has 22 heavy (non-hydrogen) atoms. The summed E-state index contributed by atoms with van der Waals surface area (Å²) in [6.07, 6.45) is 9.20. The smallest absolute Gasteiger partial charge is 0.251 e. The molecule has 1 aliphatic rings. The van der Waals surface area contributed by atoms with Crippen molar-refractivity contribution in [2.75, 3.05) is 11.0 Å². The maximum Gasteiger partial charge on any atom is 0.251 e. The van der Waals surface area contributed by atoms with E-state index in [1.165, 1.54) is 19.3 Å². The van der Waals surface area contributed by atoms with Gasteiger partial charge in [-0.3, -0.25) is 9.52 Å². The van der Waals surface area contributed by atoms with Crippen LogP contribution in [0.5, 0.6) is 0 Å². The molecule has 5 nitrogen and oxygen atoms in total. The average Bonchev–Trinajstić information content (AvgIpc) is 2.40. The standard InChI is InChI=1S/C16H24N2O3S/c1-22(20,21)18-15-11-7-8-13(12-15)16(19)17-14-9-5-3-2-4-6-10-14/h7-8,11-12,14,18H,2-6,9-10H2,1H3,(H,17,19). The number of hydrogen-bond donors (Lipinski definition) is 2. The normalized spacial score (nSPS) is 17.3. The van der Waals surface area contributed by atoms with E-state index in [9.17, 15) is 13.2 Å². The molecule has 0 atom stereocenters. The Morgan fingerprint density at radius 1 is 1.09 bits per heavy atom. The second-order valence-electron chi connectivity index (χ2n) is 5.97. The van der Waals surface area contributed by atoms with Gasteiger partial charge >= 0.3 is 0 Å². The quantitative estimate of drug-likeness (QED) is 0.894. The molecule has 6 heteroatoms. The van der Waals surface area contributed by atoms with Gasteiger partial charge in [0.25, 0.3) is 5.91 Å². The first-order valence-corrected chi connectivity index (χ1v) is 9.72. The predicted octanol–water partition coefficient (Wildman–Crippen LogP) is 2.90. The molecule has 1 fully saturated rings. The van der Waals surface area contributed by atoms with Crippen LogP contribution >= 0.6 is 0 Å². The second kappa shape index (κ2) is 7.63. The SMILES string of the molecule is CS(=O)(=O)Nc1cccc(C(=O)NC2CCCCCCC2)c1. The summed E-state index contributed by atoms with van der Waals surface area (Å²) in [6, 6.07) is 6.80. The Hall–Kier alpha value is -1.56. The molecular weight excluding hydrogens is 300 g/mol. The van der Waals surface area contributed by atoms with Crippen molar-refractivity contribution < 1.29 is 13.2 Å². The fourth-order valence-corrected chi connectivity index (χ4v) is 3.36. The van der Waals surface area contributed by atoms with Crippen LogP contribution < -0.4 is 10.0 Å². The molecule has 0 saturated heterocycles. The number of rotatable bonds is 4. The molecule has 1 aromatic rings. The summed E-state index contributed by atoms with van der Waals surface area (Å²) in [5, 5.41) is 3.08. The molecule has 2 N–H and O–H groups in total. The zero-order chi connectivity index (χ0) is 16.0. The highest BCUT2D eigenvalue weighted by Gasteiger charge is 2.15. The molecule has 2 rings (SSSR count). The van der Waals surface area contributed by atoms with Gasteiger partial charge in [0, 0.05) is 17.3 Å². The lowest BCUT2D eigenvalue weighted by atomic mass is 9.96. The van der Waals surface area contributed by atoms with Crippen LogP contribution in [0.4, 0.5) is 5.69 Å². The third-order valence-electron chi connectivity index (χ3n) is 3.87. The molecule has 1 amide bonds. The van der Waals surface area contributed by atoms with E-state index >= 15 is 0 Å². The molecule has 122 valence electrons. The second-order valence-corrected chi connectivity index (χ2v) is 7.72. The maximum atomic E-state index is 12.3. The summed E-state index contributed by atoms with van der Waals surface area (Å²) in [5.74, 6) is -0.136. The number of amides is 1. The number of benzene rings is 1. The first-order chi connectivity index (χ1) is 10.4. The van der Waals surface area contributed by atoms with Gasteiger partial charge in [-0.25, -0.2) is 8.42 Å². The Balaban J connectivity index is 2.00. The van der Waals surface area contributed by atoms with E-state index in [4.69, 9.17) is 0 Å². The lowest BCUT2D eigenvalue weighted by molar-refractivity contribution is 0.0930. The Bertz CT molecular complexity index is 606. The van der Waals surface area contributed by atoms with Gasteiger partial charge < -0.3 is 5.32 Å². The van der Waals surface area contributed by atoms with Crippen LogP contribution in [0.25, 0.3) is 0 Å². The molecule has 0 unspecified atom stereocenters. The Kier molecular flexibility index (Phi) is 5.83. The van der Waals surface area contributed by atoms with Crippen LogP contribution in [0.15, 0.2) is 24.3 Å². The minimum atomic E-state index is -3.34. The van der Waals surface area contributed by atoms with E-state index in [1.807, 2.05) is 0 Å².